The zero-order valence-corrected chi connectivity index (χ0v) is 15.6. The molecule has 1 aliphatic carbocycles. The fourth-order valence-corrected chi connectivity index (χ4v) is 3.69. The smallest absolute Gasteiger partial charge is 0.314 e. The molecule has 0 aliphatic heterocycles. The molecular weight excluding hydrogens is 324 g/mol. The second-order valence-corrected chi connectivity index (χ2v) is 7.23. The molecule has 0 atom stereocenters. The number of esters is 1. The largest absolute Gasteiger partial charge is 0.426 e. The molecule has 1 aromatic heterocycles. The molecule has 3 rings (SSSR count). The number of rotatable bonds is 7. The third kappa shape index (κ3) is 5.13. The fourth-order valence-electron chi connectivity index (χ4n) is 3.69. The van der Waals surface area contributed by atoms with E-state index in [0.29, 0.717) is 11.6 Å². The predicted octanol–water partition coefficient (Wildman–Crippen LogP) is 5.44. The maximum atomic E-state index is 12.4. The lowest BCUT2D eigenvalue weighted by Gasteiger charge is -2.27. The summed E-state index contributed by atoms with van der Waals surface area (Å²) < 4.78 is 5.60. The van der Waals surface area contributed by atoms with Gasteiger partial charge in [0.25, 0.3) is 0 Å². The molecule has 2 aromatic rings. The van der Waals surface area contributed by atoms with Crippen molar-refractivity contribution in [2.45, 2.75) is 58.3 Å². The maximum absolute atomic E-state index is 12.4. The summed E-state index contributed by atoms with van der Waals surface area (Å²) in [5.74, 6) is 2.04. The van der Waals surface area contributed by atoms with Gasteiger partial charge in [0, 0.05) is 18.0 Å². The van der Waals surface area contributed by atoms with E-state index in [0.717, 1.165) is 37.2 Å². The number of nitrogens with zero attached hydrogens (tertiary/aromatic N) is 2. The van der Waals surface area contributed by atoms with E-state index in [4.69, 9.17) is 4.74 Å². The van der Waals surface area contributed by atoms with Crippen LogP contribution in [0.3, 0.4) is 0 Å². The number of unbranched alkanes of at least 4 members (excludes halogenated alkanes) is 2. The number of ether oxygens (including phenoxy) is 1. The first-order valence-corrected chi connectivity index (χ1v) is 9.85. The molecule has 0 N–H and O–H groups in total. The van der Waals surface area contributed by atoms with Crippen LogP contribution in [0.15, 0.2) is 42.7 Å². The third-order valence-electron chi connectivity index (χ3n) is 5.29. The normalized spacial score (nSPS) is 19.9. The van der Waals surface area contributed by atoms with Crippen molar-refractivity contribution in [2.75, 3.05) is 0 Å². The molecule has 0 amide bonds. The van der Waals surface area contributed by atoms with Crippen molar-refractivity contribution in [2.24, 2.45) is 11.8 Å². The number of hydrogen-bond donors (Lipinski definition) is 0. The Morgan fingerprint density at radius 1 is 1.04 bits per heavy atom. The van der Waals surface area contributed by atoms with Crippen molar-refractivity contribution < 1.29 is 9.53 Å². The van der Waals surface area contributed by atoms with Gasteiger partial charge in [-0.05, 0) is 61.9 Å². The summed E-state index contributed by atoms with van der Waals surface area (Å²) in [4.78, 5) is 20.9. The lowest BCUT2D eigenvalue weighted by molar-refractivity contribution is -0.140. The van der Waals surface area contributed by atoms with Crippen LogP contribution in [-0.4, -0.2) is 15.9 Å². The van der Waals surface area contributed by atoms with E-state index in [2.05, 4.69) is 16.9 Å². The van der Waals surface area contributed by atoms with Gasteiger partial charge in [0.2, 0.25) is 0 Å². The van der Waals surface area contributed by atoms with Gasteiger partial charge in [0.15, 0.2) is 5.82 Å². The number of carbonyl (C=O) groups is 1. The molecule has 0 unspecified atom stereocenters. The van der Waals surface area contributed by atoms with Crippen LogP contribution in [0.4, 0.5) is 0 Å². The van der Waals surface area contributed by atoms with Gasteiger partial charge >= 0.3 is 5.97 Å². The number of hydrogen-bond acceptors (Lipinski definition) is 4. The van der Waals surface area contributed by atoms with Crippen molar-refractivity contribution in [1.29, 1.82) is 0 Å². The average Bonchev–Trinajstić information content (AvgIpc) is 2.70. The number of aromatic nitrogens is 2. The molecule has 26 heavy (non-hydrogen) atoms. The zero-order chi connectivity index (χ0) is 18.2. The van der Waals surface area contributed by atoms with Gasteiger partial charge in [0.1, 0.15) is 5.75 Å². The molecule has 1 saturated carbocycles. The van der Waals surface area contributed by atoms with Crippen LogP contribution < -0.4 is 4.74 Å². The minimum atomic E-state index is -0.0827. The van der Waals surface area contributed by atoms with E-state index in [-0.39, 0.29) is 11.9 Å². The summed E-state index contributed by atoms with van der Waals surface area (Å²) >= 11 is 0. The average molecular weight is 352 g/mol. The maximum Gasteiger partial charge on any atom is 0.314 e. The molecule has 4 nitrogen and oxygen atoms in total. The van der Waals surface area contributed by atoms with Gasteiger partial charge in [0.05, 0.1) is 5.92 Å². The predicted molar refractivity (Wildman–Crippen MR) is 103 cm³/mol. The lowest BCUT2D eigenvalue weighted by Crippen LogP contribution is -2.25. The van der Waals surface area contributed by atoms with Gasteiger partial charge < -0.3 is 4.74 Å². The molecule has 1 aliphatic rings. The van der Waals surface area contributed by atoms with E-state index in [9.17, 15) is 4.79 Å². The Balaban J connectivity index is 1.48. The molecule has 0 bridgehead atoms. The van der Waals surface area contributed by atoms with Gasteiger partial charge in [-0.25, -0.2) is 9.97 Å². The van der Waals surface area contributed by atoms with Crippen LogP contribution >= 0.6 is 0 Å². The fraction of sp³-hybridized carbons (Fsp3) is 0.500. The van der Waals surface area contributed by atoms with Gasteiger partial charge in [-0.15, -0.1) is 0 Å². The van der Waals surface area contributed by atoms with E-state index in [1.165, 1.54) is 25.7 Å². The van der Waals surface area contributed by atoms with Crippen molar-refractivity contribution in [1.82, 2.24) is 9.97 Å². The summed E-state index contributed by atoms with van der Waals surface area (Å²) in [5.41, 5.74) is 0.915. The molecule has 138 valence electrons. The number of carbonyl (C=O) groups excluding carboxylic acids is 1. The SMILES string of the molecule is CCCCC[C@H]1CC[C@H](C(=O)Oc2ccc(-c3ncccn3)cc2)CC1. The monoisotopic (exact) mass is 352 g/mol. The minimum absolute atomic E-state index is 0.0505. The second kappa shape index (κ2) is 9.46. The first-order chi connectivity index (χ1) is 12.8. The highest BCUT2D eigenvalue weighted by Crippen LogP contribution is 2.33. The van der Waals surface area contributed by atoms with E-state index >= 15 is 0 Å². The van der Waals surface area contributed by atoms with Crippen LogP contribution in [0, 0.1) is 11.8 Å². The van der Waals surface area contributed by atoms with Crippen molar-refractivity contribution in [3.8, 4) is 17.1 Å². The first kappa shape index (κ1) is 18.6. The Morgan fingerprint density at radius 3 is 2.38 bits per heavy atom. The van der Waals surface area contributed by atoms with Crippen LogP contribution in [0.2, 0.25) is 0 Å². The Kier molecular flexibility index (Phi) is 6.75. The topological polar surface area (TPSA) is 52.1 Å². The first-order valence-electron chi connectivity index (χ1n) is 9.85. The van der Waals surface area contributed by atoms with Gasteiger partial charge in [-0.2, -0.15) is 0 Å². The standard InChI is InChI=1S/C22H28N2O2/c1-2-3-4-6-17-7-9-19(10-8-17)22(25)26-20-13-11-18(12-14-20)21-23-15-5-16-24-21/h5,11-17,19H,2-4,6-10H2,1H3/t17-,19-. The molecule has 1 fully saturated rings. The van der Waals surface area contributed by atoms with Crippen molar-refractivity contribution in [3.63, 3.8) is 0 Å². The molecule has 0 spiro atoms. The van der Waals surface area contributed by atoms with E-state index in [1.54, 1.807) is 18.5 Å². The molecule has 1 heterocycles. The number of benzene rings is 1. The summed E-state index contributed by atoms with van der Waals surface area (Å²) in [6.07, 6.45) is 12.9. The molecule has 0 radical (unpaired) electrons. The lowest BCUT2D eigenvalue weighted by atomic mass is 9.80. The highest BCUT2D eigenvalue weighted by Gasteiger charge is 2.27. The van der Waals surface area contributed by atoms with Gasteiger partial charge in [-0.3, -0.25) is 4.79 Å². The summed E-state index contributed by atoms with van der Waals surface area (Å²) in [5, 5.41) is 0. The summed E-state index contributed by atoms with van der Waals surface area (Å²) in [6.45, 7) is 2.24. The molecule has 0 saturated heterocycles. The summed E-state index contributed by atoms with van der Waals surface area (Å²) in [7, 11) is 0. The molecule has 1 aromatic carbocycles. The quantitative estimate of drug-likeness (QED) is 0.378. The van der Waals surface area contributed by atoms with Crippen molar-refractivity contribution >= 4 is 5.97 Å². The third-order valence-corrected chi connectivity index (χ3v) is 5.29. The van der Waals surface area contributed by atoms with Crippen LogP contribution in [-0.2, 0) is 4.79 Å². The van der Waals surface area contributed by atoms with Crippen LogP contribution in [0.5, 0.6) is 5.75 Å². The Labute approximate surface area is 156 Å². The summed E-state index contributed by atoms with van der Waals surface area (Å²) in [6, 6.07) is 9.21. The second-order valence-electron chi connectivity index (χ2n) is 7.23. The Bertz CT molecular complexity index is 677. The van der Waals surface area contributed by atoms with E-state index in [1.807, 2.05) is 24.3 Å². The van der Waals surface area contributed by atoms with Crippen LogP contribution in [0.1, 0.15) is 58.3 Å². The highest BCUT2D eigenvalue weighted by atomic mass is 16.5. The highest BCUT2D eigenvalue weighted by molar-refractivity contribution is 5.75. The van der Waals surface area contributed by atoms with Crippen molar-refractivity contribution in [3.05, 3.63) is 42.7 Å². The minimum Gasteiger partial charge on any atom is -0.426 e. The molecule has 4 heteroatoms. The Hall–Kier alpha value is -2.23. The van der Waals surface area contributed by atoms with Gasteiger partial charge in [-0.1, -0.05) is 32.6 Å². The van der Waals surface area contributed by atoms with E-state index < -0.39 is 0 Å². The zero-order valence-electron chi connectivity index (χ0n) is 15.6. The Morgan fingerprint density at radius 2 is 1.73 bits per heavy atom. The van der Waals surface area contributed by atoms with Crippen LogP contribution in [0.25, 0.3) is 11.4 Å². The molecular formula is C22H28N2O2.